The van der Waals surface area contributed by atoms with Gasteiger partial charge in [-0.25, -0.2) is 5.01 Å². The summed E-state index contributed by atoms with van der Waals surface area (Å²) in [4.78, 5) is 12.1. The maximum Gasteiger partial charge on any atom is 0.240 e. The number of rotatable bonds is 4. The van der Waals surface area contributed by atoms with Gasteiger partial charge in [0, 0.05) is 30.5 Å². The van der Waals surface area contributed by atoms with Gasteiger partial charge in [0.1, 0.15) is 17.2 Å². The quantitative estimate of drug-likeness (QED) is 0.928. The average molecular weight is 340 g/mol. The third-order valence-electron chi connectivity index (χ3n) is 4.25. The van der Waals surface area contributed by atoms with Crippen LogP contribution < -0.4 is 9.47 Å². The Labute approximate surface area is 146 Å². The third-order valence-corrected chi connectivity index (χ3v) is 4.25. The molecular formula is C19H20N2O4. The number of para-hydroxylation sites is 1. The minimum absolute atomic E-state index is 0.145. The molecule has 2 aromatic rings. The van der Waals surface area contributed by atoms with Gasteiger partial charge in [-0.15, -0.1) is 0 Å². The second-order valence-electron chi connectivity index (χ2n) is 5.76. The van der Waals surface area contributed by atoms with E-state index in [4.69, 9.17) is 9.47 Å². The van der Waals surface area contributed by atoms with Crippen LogP contribution >= 0.6 is 0 Å². The summed E-state index contributed by atoms with van der Waals surface area (Å²) < 4.78 is 10.7. The molecule has 1 N–H and O–H groups in total. The molecule has 3 rings (SSSR count). The maximum atomic E-state index is 12.1. The number of aromatic hydroxyl groups is 1. The van der Waals surface area contributed by atoms with Crippen molar-refractivity contribution in [1.29, 1.82) is 0 Å². The van der Waals surface area contributed by atoms with Gasteiger partial charge < -0.3 is 14.6 Å². The molecule has 130 valence electrons. The first-order valence-corrected chi connectivity index (χ1v) is 7.92. The Bertz CT molecular complexity index is 832. The Kier molecular flexibility index (Phi) is 4.61. The first-order chi connectivity index (χ1) is 12.0. The number of hydrogen-bond acceptors (Lipinski definition) is 5. The van der Waals surface area contributed by atoms with Crippen molar-refractivity contribution in [3.05, 3.63) is 53.6 Å². The smallest absolute Gasteiger partial charge is 0.240 e. The average Bonchev–Trinajstić information content (AvgIpc) is 3.06. The number of hydrazone groups is 1. The van der Waals surface area contributed by atoms with Gasteiger partial charge in [-0.2, -0.15) is 5.10 Å². The van der Waals surface area contributed by atoms with Crippen molar-refractivity contribution in [2.45, 2.75) is 19.4 Å². The van der Waals surface area contributed by atoms with Crippen LogP contribution in [0.25, 0.3) is 0 Å². The Balaban J connectivity index is 2.01. The Morgan fingerprint density at radius 3 is 2.60 bits per heavy atom. The summed E-state index contributed by atoms with van der Waals surface area (Å²) in [6.07, 6.45) is 0.486. The fraction of sp³-hybridized carbons (Fsp3) is 0.263. The summed E-state index contributed by atoms with van der Waals surface area (Å²) in [5.41, 5.74) is 2.13. The second kappa shape index (κ2) is 6.84. The standard InChI is InChI=1S/C19H20N2O4/c1-12(22)21-17(15-9-8-13(24-2)10-19(15)25-3)11-16(20-21)14-6-4-5-7-18(14)23/h4-10,17,23H,11H2,1-3H3/t17-/m1/s1. The number of phenols is 1. The van der Waals surface area contributed by atoms with E-state index in [9.17, 15) is 9.90 Å². The molecule has 2 aromatic carbocycles. The highest BCUT2D eigenvalue weighted by molar-refractivity contribution is 6.05. The number of nitrogens with zero attached hydrogens (tertiary/aromatic N) is 2. The molecule has 1 aliphatic heterocycles. The Hall–Kier alpha value is -3.02. The molecule has 0 bridgehead atoms. The SMILES string of the molecule is COc1ccc([C@H]2CC(c3ccccc3O)=NN2C(C)=O)c(OC)c1. The summed E-state index contributed by atoms with van der Waals surface area (Å²) in [7, 11) is 3.17. The summed E-state index contributed by atoms with van der Waals surface area (Å²) >= 11 is 0. The van der Waals surface area contributed by atoms with E-state index in [0.717, 1.165) is 5.56 Å². The summed E-state index contributed by atoms with van der Waals surface area (Å²) in [5, 5.41) is 16.0. The number of carbonyl (C=O) groups is 1. The predicted molar refractivity (Wildman–Crippen MR) is 94.1 cm³/mol. The molecule has 1 aliphatic rings. The summed E-state index contributed by atoms with van der Waals surface area (Å²) in [6, 6.07) is 12.2. The zero-order chi connectivity index (χ0) is 18.0. The van der Waals surface area contributed by atoms with Crippen molar-refractivity contribution in [2.75, 3.05) is 14.2 Å². The normalized spacial score (nSPS) is 16.5. The zero-order valence-electron chi connectivity index (χ0n) is 14.4. The molecule has 6 heteroatoms. The molecular weight excluding hydrogens is 320 g/mol. The number of hydrogen-bond donors (Lipinski definition) is 1. The number of benzene rings is 2. The van der Waals surface area contributed by atoms with E-state index in [1.807, 2.05) is 18.2 Å². The van der Waals surface area contributed by atoms with Crippen LogP contribution in [0.3, 0.4) is 0 Å². The molecule has 0 unspecified atom stereocenters. The van der Waals surface area contributed by atoms with E-state index in [-0.39, 0.29) is 17.7 Å². The van der Waals surface area contributed by atoms with Gasteiger partial charge in [-0.1, -0.05) is 12.1 Å². The van der Waals surface area contributed by atoms with Gasteiger partial charge >= 0.3 is 0 Å². The van der Waals surface area contributed by atoms with E-state index in [1.165, 1.54) is 11.9 Å². The highest BCUT2D eigenvalue weighted by atomic mass is 16.5. The van der Waals surface area contributed by atoms with Crippen LogP contribution in [0.2, 0.25) is 0 Å². The van der Waals surface area contributed by atoms with Crippen LogP contribution in [-0.2, 0) is 4.79 Å². The molecule has 1 atom stereocenters. The van der Waals surface area contributed by atoms with Crippen molar-refractivity contribution in [3.63, 3.8) is 0 Å². The lowest BCUT2D eigenvalue weighted by Crippen LogP contribution is -2.24. The Morgan fingerprint density at radius 2 is 1.96 bits per heavy atom. The first kappa shape index (κ1) is 16.8. The zero-order valence-corrected chi connectivity index (χ0v) is 14.4. The van der Waals surface area contributed by atoms with Crippen molar-refractivity contribution in [3.8, 4) is 17.2 Å². The fourth-order valence-corrected chi connectivity index (χ4v) is 3.02. The van der Waals surface area contributed by atoms with E-state index in [0.29, 0.717) is 29.2 Å². The number of methoxy groups -OCH3 is 2. The molecule has 0 saturated heterocycles. The van der Waals surface area contributed by atoms with Gasteiger partial charge in [-0.05, 0) is 24.3 Å². The summed E-state index contributed by atoms with van der Waals surface area (Å²) in [5.74, 6) is 1.28. The van der Waals surface area contributed by atoms with Gasteiger partial charge in [-0.3, -0.25) is 4.79 Å². The van der Waals surface area contributed by atoms with Crippen LogP contribution in [0.1, 0.15) is 30.5 Å². The fourth-order valence-electron chi connectivity index (χ4n) is 3.02. The molecule has 0 saturated carbocycles. The highest BCUT2D eigenvalue weighted by Gasteiger charge is 2.34. The number of carbonyl (C=O) groups excluding carboxylic acids is 1. The van der Waals surface area contributed by atoms with Crippen molar-refractivity contribution in [2.24, 2.45) is 5.10 Å². The molecule has 1 heterocycles. The van der Waals surface area contributed by atoms with Gasteiger partial charge in [0.2, 0.25) is 5.91 Å². The summed E-state index contributed by atoms with van der Waals surface area (Å²) in [6.45, 7) is 1.47. The van der Waals surface area contributed by atoms with Gasteiger partial charge in [0.05, 0.1) is 26.0 Å². The lowest BCUT2D eigenvalue weighted by molar-refractivity contribution is -0.130. The lowest BCUT2D eigenvalue weighted by Gasteiger charge is -2.22. The highest BCUT2D eigenvalue weighted by Crippen LogP contribution is 2.39. The molecule has 1 amide bonds. The molecule has 0 fully saturated rings. The van der Waals surface area contributed by atoms with Crippen LogP contribution in [0.15, 0.2) is 47.6 Å². The topological polar surface area (TPSA) is 71.4 Å². The van der Waals surface area contributed by atoms with Crippen molar-refractivity contribution in [1.82, 2.24) is 5.01 Å². The second-order valence-corrected chi connectivity index (χ2v) is 5.76. The van der Waals surface area contributed by atoms with E-state index in [2.05, 4.69) is 5.10 Å². The predicted octanol–water partition coefficient (Wildman–Crippen LogP) is 3.11. The van der Waals surface area contributed by atoms with E-state index >= 15 is 0 Å². The minimum atomic E-state index is -0.298. The largest absolute Gasteiger partial charge is 0.507 e. The number of phenolic OH excluding ortho intramolecular Hbond substituents is 1. The van der Waals surface area contributed by atoms with Crippen LogP contribution in [0.4, 0.5) is 0 Å². The van der Waals surface area contributed by atoms with Crippen LogP contribution in [0.5, 0.6) is 17.2 Å². The van der Waals surface area contributed by atoms with E-state index in [1.54, 1.807) is 38.5 Å². The monoisotopic (exact) mass is 340 g/mol. The maximum absolute atomic E-state index is 12.1. The molecule has 0 aliphatic carbocycles. The first-order valence-electron chi connectivity index (χ1n) is 7.92. The van der Waals surface area contributed by atoms with E-state index < -0.39 is 0 Å². The van der Waals surface area contributed by atoms with Crippen LogP contribution in [0, 0.1) is 0 Å². The number of ether oxygens (including phenoxy) is 2. The molecule has 0 radical (unpaired) electrons. The molecule has 25 heavy (non-hydrogen) atoms. The Morgan fingerprint density at radius 1 is 1.20 bits per heavy atom. The third kappa shape index (κ3) is 3.15. The van der Waals surface area contributed by atoms with Crippen molar-refractivity contribution < 1.29 is 19.4 Å². The molecule has 6 nitrogen and oxygen atoms in total. The minimum Gasteiger partial charge on any atom is -0.507 e. The molecule has 0 aromatic heterocycles. The van der Waals surface area contributed by atoms with Crippen molar-refractivity contribution >= 4 is 11.6 Å². The van der Waals surface area contributed by atoms with Crippen LogP contribution in [-0.4, -0.2) is 36.0 Å². The number of amides is 1. The molecule has 0 spiro atoms. The van der Waals surface area contributed by atoms with Gasteiger partial charge in [0.15, 0.2) is 0 Å². The lowest BCUT2D eigenvalue weighted by atomic mass is 9.97. The van der Waals surface area contributed by atoms with Gasteiger partial charge in [0.25, 0.3) is 0 Å².